The number of hydrogen-bond acceptors (Lipinski definition) is 8. The van der Waals surface area contributed by atoms with Crippen LogP contribution in [0.15, 0.2) is 49.9 Å². The van der Waals surface area contributed by atoms with Gasteiger partial charge >= 0.3 is 0 Å². The van der Waals surface area contributed by atoms with Crippen LogP contribution < -0.4 is 0 Å². The maximum atomic E-state index is 13.7. The van der Waals surface area contributed by atoms with Gasteiger partial charge in [-0.2, -0.15) is 4.98 Å². The van der Waals surface area contributed by atoms with Crippen LogP contribution in [-0.2, 0) is 6.42 Å². The first-order chi connectivity index (χ1) is 13.2. The van der Waals surface area contributed by atoms with Crippen LogP contribution >= 0.6 is 23.1 Å². The predicted molar refractivity (Wildman–Crippen MR) is 101 cm³/mol. The summed E-state index contributed by atoms with van der Waals surface area (Å²) >= 11 is 3.05. The van der Waals surface area contributed by atoms with E-state index in [9.17, 15) is 4.39 Å². The van der Waals surface area contributed by atoms with Gasteiger partial charge in [0.15, 0.2) is 0 Å². The quantitative estimate of drug-likeness (QED) is 0.317. The number of hydrogen-bond donors (Lipinski definition) is 0. The number of thiophene rings is 1. The van der Waals surface area contributed by atoms with Gasteiger partial charge in [0.25, 0.3) is 11.1 Å². The molecule has 138 valence electrons. The van der Waals surface area contributed by atoms with Crippen molar-refractivity contribution in [3.63, 3.8) is 0 Å². The Morgan fingerprint density at radius 3 is 2.96 bits per heavy atom. The van der Waals surface area contributed by atoms with Crippen LogP contribution in [0.4, 0.5) is 4.39 Å². The summed E-state index contributed by atoms with van der Waals surface area (Å²) in [7, 11) is 0. The number of nitrogens with zero attached hydrogens (tertiary/aromatic N) is 4. The van der Waals surface area contributed by atoms with Crippen LogP contribution in [0, 0.1) is 12.7 Å². The van der Waals surface area contributed by atoms with Gasteiger partial charge in [-0.25, -0.2) is 4.39 Å². The van der Waals surface area contributed by atoms with Gasteiger partial charge in [0.1, 0.15) is 5.82 Å². The van der Waals surface area contributed by atoms with E-state index in [-0.39, 0.29) is 5.82 Å². The van der Waals surface area contributed by atoms with Gasteiger partial charge in [0, 0.05) is 17.7 Å². The average molecular weight is 402 g/mol. The van der Waals surface area contributed by atoms with Crippen molar-refractivity contribution in [1.82, 2.24) is 20.3 Å². The number of halogens is 1. The zero-order chi connectivity index (χ0) is 18.6. The number of thioether (sulfide) groups is 1. The van der Waals surface area contributed by atoms with Crippen molar-refractivity contribution in [2.45, 2.75) is 25.0 Å². The number of rotatable bonds is 7. The van der Waals surface area contributed by atoms with Crippen molar-refractivity contribution in [3.8, 4) is 22.2 Å². The van der Waals surface area contributed by atoms with E-state index in [1.165, 1.54) is 17.8 Å². The molecule has 0 unspecified atom stereocenters. The molecule has 3 heterocycles. The molecule has 0 aliphatic carbocycles. The fourth-order valence-corrected chi connectivity index (χ4v) is 3.70. The second kappa shape index (κ2) is 8.01. The lowest BCUT2D eigenvalue weighted by Crippen LogP contribution is -1.89. The Labute approximate surface area is 162 Å². The molecule has 0 aliphatic rings. The molecule has 0 spiro atoms. The van der Waals surface area contributed by atoms with Crippen molar-refractivity contribution < 1.29 is 13.3 Å². The van der Waals surface area contributed by atoms with Crippen LogP contribution in [0.3, 0.4) is 0 Å². The zero-order valence-electron chi connectivity index (χ0n) is 14.4. The molecule has 0 saturated heterocycles. The molecule has 6 nitrogen and oxygen atoms in total. The van der Waals surface area contributed by atoms with Crippen LogP contribution in [0.2, 0.25) is 0 Å². The molecular weight excluding hydrogens is 387 g/mol. The van der Waals surface area contributed by atoms with Gasteiger partial charge in [-0.1, -0.05) is 35.1 Å². The second-order valence-corrected chi connectivity index (χ2v) is 7.77. The van der Waals surface area contributed by atoms with E-state index in [2.05, 4.69) is 20.3 Å². The molecule has 0 saturated carbocycles. The molecular formula is C18H15FN4O2S2. The molecule has 27 heavy (non-hydrogen) atoms. The minimum atomic E-state index is -0.281. The molecule has 0 atom stereocenters. The third-order valence-electron chi connectivity index (χ3n) is 3.80. The van der Waals surface area contributed by atoms with E-state index in [0.29, 0.717) is 40.4 Å². The van der Waals surface area contributed by atoms with E-state index in [1.807, 2.05) is 17.5 Å². The largest absolute Gasteiger partial charge is 0.410 e. The first-order valence-electron chi connectivity index (χ1n) is 8.28. The fourth-order valence-electron chi connectivity index (χ4n) is 2.36. The van der Waals surface area contributed by atoms with E-state index in [1.54, 1.807) is 30.4 Å². The van der Waals surface area contributed by atoms with Gasteiger partial charge in [-0.15, -0.1) is 21.5 Å². The monoisotopic (exact) mass is 402 g/mol. The minimum absolute atomic E-state index is 0.281. The van der Waals surface area contributed by atoms with E-state index >= 15 is 0 Å². The third-order valence-corrected chi connectivity index (χ3v) is 5.56. The van der Waals surface area contributed by atoms with Crippen LogP contribution in [0.5, 0.6) is 0 Å². The van der Waals surface area contributed by atoms with E-state index in [0.717, 1.165) is 17.1 Å². The number of aromatic nitrogens is 4. The van der Waals surface area contributed by atoms with Crippen molar-refractivity contribution >= 4 is 23.1 Å². The van der Waals surface area contributed by atoms with Crippen molar-refractivity contribution in [1.29, 1.82) is 0 Å². The molecule has 4 rings (SSSR count). The standard InChI is InChI=1S/C18H15FN4O2S2/c1-11-6-7-12(10-13(11)19)16-20-15(25-23-16)5-3-9-27-18-22-21-17(24-18)14-4-2-8-26-14/h2,4,6-8,10H,3,5,9H2,1H3. The SMILES string of the molecule is Cc1ccc(-c2noc(CCCSc3nnc(-c4cccs4)o3)n2)cc1F. The van der Waals surface area contributed by atoms with Crippen molar-refractivity contribution in [3.05, 3.63) is 53.0 Å². The molecule has 0 amide bonds. The summed E-state index contributed by atoms with van der Waals surface area (Å²) in [6.07, 6.45) is 1.44. The highest BCUT2D eigenvalue weighted by atomic mass is 32.2. The molecule has 4 aromatic rings. The predicted octanol–water partition coefficient (Wildman–Crippen LogP) is 5.02. The van der Waals surface area contributed by atoms with Gasteiger partial charge in [-0.3, -0.25) is 0 Å². The molecule has 0 bridgehead atoms. The van der Waals surface area contributed by atoms with Crippen molar-refractivity contribution in [2.24, 2.45) is 0 Å². The Kier molecular flexibility index (Phi) is 5.30. The molecule has 0 aliphatic heterocycles. The van der Waals surface area contributed by atoms with E-state index in [4.69, 9.17) is 8.94 Å². The Hall–Kier alpha value is -2.52. The smallest absolute Gasteiger partial charge is 0.276 e. The summed E-state index contributed by atoms with van der Waals surface area (Å²) in [4.78, 5) is 5.29. The third kappa shape index (κ3) is 4.25. The Bertz CT molecular complexity index is 1030. The summed E-state index contributed by atoms with van der Waals surface area (Å²) in [5.41, 5.74) is 1.19. The molecule has 3 aromatic heterocycles. The molecule has 1 aromatic carbocycles. The first-order valence-corrected chi connectivity index (χ1v) is 10.1. The molecule has 9 heteroatoms. The molecule has 0 N–H and O–H groups in total. The summed E-state index contributed by atoms with van der Waals surface area (Å²) in [5.74, 6) is 1.96. The first kappa shape index (κ1) is 17.9. The lowest BCUT2D eigenvalue weighted by molar-refractivity contribution is 0.378. The lowest BCUT2D eigenvalue weighted by atomic mass is 10.1. The maximum Gasteiger partial charge on any atom is 0.276 e. The summed E-state index contributed by atoms with van der Waals surface area (Å²) < 4.78 is 24.5. The van der Waals surface area contributed by atoms with Gasteiger partial charge in [0.2, 0.25) is 11.7 Å². The topological polar surface area (TPSA) is 77.8 Å². The summed E-state index contributed by atoms with van der Waals surface area (Å²) in [5, 5.41) is 14.5. The van der Waals surface area contributed by atoms with Gasteiger partial charge < -0.3 is 8.94 Å². The number of benzene rings is 1. The highest BCUT2D eigenvalue weighted by molar-refractivity contribution is 7.99. The van der Waals surface area contributed by atoms with Crippen LogP contribution in [0.1, 0.15) is 17.9 Å². The second-order valence-electron chi connectivity index (χ2n) is 5.78. The van der Waals surface area contributed by atoms with E-state index < -0.39 is 0 Å². The fraction of sp³-hybridized carbons (Fsp3) is 0.222. The zero-order valence-corrected chi connectivity index (χ0v) is 16.0. The summed E-state index contributed by atoms with van der Waals surface area (Å²) in [6.45, 7) is 1.71. The molecule has 0 radical (unpaired) electrons. The Balaban J connectivity index is 1.28. The Morgan fingerprint density at radius 1 is 1.22 bits per heavy atom. The lowest BCUT2D eigenvalue weighted by Gasteiger charge is -1.97. The normalized spacial score (nSPS) is 11.2. The highest BCUT2D eigenvalue weighted by Gasteiger charge is 2.12. The Morgan fingerprint density at radius 2 is 2.15 bits per heavy atom. The number of aryl methyl sites for hydroxylation is 2. The average Bonchev–Trinajstić information content (AvgIpc) is 3.42. The van der Waals surface area contributed by atoms with Crippen LogP contribution in [0.25, 0.3) is 22.2 Å². The van der Waals surface area contributed by atoms with Crippen LogP contribution in [-0.4, -0.2) is 26.1 Å². The minimum Gasteiger partial charge on any atom is -0.410 e. The highest BCUT2D eigenvalue weighted by Crippen LogP contribution is 2.27. The van der Waals surface area contributed by atoms with Crippen molar-refractivity contribution in [2.75, 3.05) is 5.75 Å². The molecule has 0 fully saturated rings. The van der Waals surface area contributed by atoms with Gasteiger partial charge in [-0.05, 0) is 36.4 Å². The maximum absolute atomic E-state index is 13.7. The summed E-state index contributed by atoms with van der Waals surface area (Å²) in [6, 6.07) is 8.79. The van der Waals surface area contributed by atoms with Gasteiger partial charge in [0.05, 0.1) is 4.88 Å².